The molecule has 2 aromatic carbocycles. The molecule has 0 unspecified atom stereocenters. The van der Waals surface area contributed by atoms with E-state index in [0.717, 1.165) is 13.0 Å². The SMILES string of the molecule is CC(O)(O)c1cc(C(=O)O)nc(-c2ccc(Oc3ccc(F)cc3)cc2)c1. The number of pyridine rings is 1. The number of aliphatic hydroxyl groups is 2. The summed E-state index contributed by atoms with van der Waals surface area (Å²) in [5.41, 5.74) is 0.544. The molecule has 27 heavy (non-hydrogen) atoms. The average molecular weight is 369 g/mol. The predicted octanol–water partition coefficient (Wildman–Crippen LogP) is 3.54. The smallest absolute Gasteiger partial charge is 0.354 e. The van der Waals surface area contributed by atoms with Gasteiger partial charge in [0.2, 0.25) is 0 Å². The monoisotopic (exact) mass is 369 g/mol. The van der Waals surface area contributed by atoms with Crippen molar-refractivity contribution in [2.75, 3.05) is 0 Å². The Morgan fingerprint density at radius 2 is 1.56 bits per heavy atom. The molecule has 138 valence electrons. The first kappa shape index (κ1) is 18.5. The van der Waals surface area contributed by atoms with Gasteiger partial charge in [0.05, 0.1) is 5.69 Å². The van der Waals surface area contributed by atoms with Crippen LogP contribution in [-0.2, 0) is 5.79 Å². The van der Waals surface area contributed by atoms with Crippen molar-refractivity contribution in [2.45, 2.75) is 12.7 Å². The highest BCUT2D eigenvalue weighted by atomic mass is 19.1. The third-order valence-corrected chi connectivity index (χ3v) is 3.79. The molecule has 0 fully saturated rings. The van der Waals surface area contributed by atoms with Gasteiger partial charge < -0.3 is 20.1 Å². The van der Waals surface area contributed by atoms with E-state index in [0.29, 0.717) is 17.1 Å². The van der Waals surface area contributed by atoms with Crippen molar-refractivity contribution in [3.63, 3.8) is 0 Å². The van der Waals surface area contributed by atoms with Crippen molar-refractivity contribution < 1.29 is 29.2 Å². The molecule has 0 aliphatic rings. The second-order valence-corrected chi connectivity index (χ2v) is 6.03. The van der Waals surface area contributed by atoms with Gasteiger partial charge in [-0.2, -0.15) is 0 Å². The Morgan fingerprint density at radius 1 is 1.00 bits per heavy atom. The number of hydrogen-bond acceptors (Lipinski definition) is 5. The fourth-order valence-corrected chi connectivity index (χ4v) is 2.39. The first-order chi connectivity index (χ1) is 12.7. The maximum atomic E-state index is 12.9. The van der Waals surface area contributed by atoms with Crippen molar-refractivity contribution in [3.8, 4) is 22.8 Å². The molecule has 6 nitrogen and oxygen atoms in total. The van der Waals surface area contributed by atoms with Crippen LogP contribution >= 0.6 is 0 Å². The summed E-state index contributed by atoms with van der Waals surface area (Å²) in [7, 11) is 0. The van der Waals surface area contributed by atoms with Crippen LogP contribution in [0.3, 0.4) is 0 Å². The lowest BCUT2D eigenvalue weighted by molar-refractivity contribution is -0.152. The lowest BCUT2D eigenvalue weighted by Crippen LogP contribution is -2.21. The third kappa shape index (κ3) is 4.46. The number of carbonyl (C=O) groups is 1. The van der Waals surface area contributed by atoms with Crippen molar-refractivity contribution in [1.82, 2.24) is 4.98 Å². The number of aromatic carboxylic acids is 1. The van der Waals surface area contributed by atoms with E-state index in [-0.39, 0.29) is 22.8 Å². The Kier molecular flexibility index (Phi) is 4.89. The Morgan fingerprint density at radius 3 is 2.07 bits per heavy atom. The van der Waals surface area contributed by atoms with Gasteiger partial charge in [0, 0.05) is 11.1 Å². The van der Waals surface area contributed by atoms with E-state index in [9.17, 15) is 24.5 Å². The summed E-state index contributed by atoms with van der Waals surface area (Å²) in [5, 5.41) is 28.8. The highest BCUT2D eigenvalue weighted by Gasteiger charge is 2.22. The van der Waals surface area contributed by atoms with E-state index < -0.39 is 11.8 Å². The van der Waals surface area contributed by atoms with Crippen LogP contribution in [0.2, 0.25) is 0 Å². The minimum Gasteiger partial charge on any atom is -0.477 e. The molecule has 0 spiro atoms. The Labute approximate surface area is 154 Å². The summed E-state index contributed by atoms with van der Waals surface area (Å²) in [6.07, 6.45) is 0. The lowest BCUT2D eigenvalue weighted by atomic mass is 10.0. The highest BCUT2D eigenvalue weighted by molar-refractivity contribution is 5.86. The molecular weight excluding hydrogens is 353 g/mol. The van der Waals surface area contributed by atoms with Crippen LogP contribution in [0.1, 0.15) is 23.0 Å². The fraction of sp³-hybridized carbons (Fsp3) is 0.100. The summed E-state index contributed by atoms with van der Waals surface area (Å²) >= 11 is 0. The van der Waals surface area contributed by atoms with Gasteiger partial charge in [-0.1, -0.05) is 0 Å². The number of carboxylic acids is 1. The van der Waals surface area contributed by atoms with Crippen molar-refractivity contribution in [1.29, 1.82) is 0 Å². The summed E-state index contributed by atoms with van der Waals surface area (Å²) < 4.78 is 18.5. The zero-order valence-electron chi connectivity index (χ0n) is 14.3. The summed E-state index contributed by atoms with van der Waals surface area (Å²) in [4.78, 5) is 15.3. The Balaban J connectivity index is 1.91. The predicted molar refractivity (Wildman–Crippen MR) is 94.9 cm³/mol. The third-order valence-electron chi connectivity index (χ3n) is 3.79. The molecule has 1 heterocycles. The number of hydrogen-bond donors (Lipinski definition) is 3. The molecule has 0 amide bonds. The fourth-order valence-electron chi connectivity index (χ4n) is 2.39. The van der Waals surface area contributed by atoms with Crippen molar-refractivity contribution in [3.05, 3.63) is 77.7 Å². The molecule has 0 saturated carbocycles. The molecule has 1 aromatic heterocycles. The molecule has 0 bridgehead atoms. The van der Waals surface area contributed by atoms with Crippen LogP contribution in [0.15, 0.2) is 60.7 Å². The van der Waals surface area contributed by atoms with E-state index in [1.807, 2.05) is 0 Å². The van der Waals surface area contributed by atoms with Gasteiger partial charge in [-0.3, -0.25) is 0 Å². The van der Waals surface area contributed by atoms with Crippen LogP contribution in [0.4, 0.5) is 4.39 Å². The van der Waals surface area contributed by atoms with Gasteiger partial charge in [-0.05, 0) is 67.6 Å². The van der Waals surface area contributed by atoms with E-state index in [1.165, 1.54) is 30.3 Å². The second kappa shape index (κ2) is 7.14. The van der Waals surface area contributed by atoms with E-state index in [2.05, 4.69) is 4.98 Å². The van der Waals surface area contributed by atoms with Crippen LogP contribution in [0, 0.1) is 5.82 Å². The number of nitrogens with zero attached hydrogens (tertiary/aromatic N) is 1. The van der Waals surface area contributed by atoms with Gasteiger partial charge in [0.15, 0.2) is 5.79 Å². The van der Waals surface area contributed by atoms with Crippen molar-refractivity contribution >= 4 is 5.97 Å². The topological polar surface area (TPSA) is 99.9 Å². The molecule has 0 aliphatic carbocycles. The lowest BCUT2D eigenvalue weighted by Gasteiger charge is -2.17. The van der Waals surface area contributed by atoms with Gasteiger partial charge in [-0.15, -0.1) is 0 Å². The standard InChI is InChI=1S/C20H16FNO5/c1-20(25,26)13-10-17(22-18(11-13)19(23)24)12-2-6-15(7-3-12)27-16-8-4-14(21)5-9-16/h2-11,25-26H,1H3,(H,23,24). The quantitative estimate of drug-likeness (QED) is 0.595. The largest absolute Gasteiger partial charge is 0.477 e. The molecule has 0 aliphatic heterocycles. The van der Waals surface area contributed by atoms with Crippen LogP contribution in [-0.4, -0.2) is 26.3 Å². The average Bonchev–Trinajstić information content (AvgIpc) is 2.63. The highest BCUT2D eigenvalue weighted by Crippen LogP contribution is 2.28. The first-order valence-corrected chi connectivity index (χ1v) is 7.97. The maximum Gasteiger partial charge on any atom is 0.354 e. The van der Waals surface area contributed by atoms with E-state index >= 15 is 0 Å². The number of carboxylic acid groups (broad SMARTS) is 1. The number of benzene rings is 2. The zero-order valence-corrected chi connectivity index (χ0v) is 14.3. The van der Waals surface area contributed by atoms with Crippen molar-refractivity contribution in [2.24, 2.45) is 0 Å². The van der Waals surface area contributed by atoms with Crippen LogP contribution in [0.5, 0.6) is 11.5 Å². The first-order valence-electron chi connectivity index (χ1n) is 7.97. The Hall–Kier alpha value is -3.29. The number of rotatable bonds is 5. The number of aromatic nitrogens is 1. The molecule has 3 rings (SSSR count). The molecule has 0 radical (unpaired) electrons. The van der Waals surface area contributed by atoms with E-state index in [1.54, 1.807) is 24.3 Å². The summed E-state index contributed by atoms with van der Waals surface area (Å²) in [5.74, 6) is -2.88. The maximum absolute atomic E-state index is 12.9. The molecular formula is C20H16FNO5. The minimum absolute atomic E-state index is 0.0107. The number of ether oxygens (including phenoxy) is 1. The van der Waals surface area contributed by atoms with Crippen LogP contribution < -0.4 is 4.74 Å². The molecule has 3 N–H and O–H groups in total. The molecule has 7 heteroatoms. The molecule has 3 aromatic rings. The van der Waals surface area contributed by atoms with Gasteiger partial charge >= 0.3 is 5.97 Å². The zero-order chi connectivity index (χ0) is 19.6. The summed E-state index contributed by atoms with van der Waals surface area (Å²) in [6, 6.07) is 14.7. The minimum atomic E-state index is -2.20. The van der Waals surface area contributed by atoms with Gasteiger partial charge in [-0.25, -0.2) is 14.2 Å². The molecule has 0 atom stereocenters. The Bertz CT molecular complexity index is 963. The summed E-state index contributed by atoms with van der Waals surface area (Å²) in [6.45, 7) is 1.14. The van der Waals surface area contributed by atoms with Crippen LogP contribution in [0.25, 0.3) is 11.3 Å². The molecule has 0 saturated heterocycles. The number of halogens is 1. The second-order valence-electron chi connectivity index (χ2n) is 6.03. The van der Waals surface area contributed by atoms with E-state index in [4.69, 9.17) is 4.74 Å². The normalized spacial score (nSPS) is 11.3. The van der Waals surface area contributed by atoms with Gasteiger partial charge in [0.1, 0.15) is 23.0 Å². The van der Waals surface area contributed by atoms with Gasteiger partial charge in [0.25, 0.3) is 0 Å².